The Kier molecular flexibility index (Phi) is 8.56. The number of hydrogen-bond donors (Lipinski definition) is 0. The second kappa shape index (κ2) is 12.8. The van der Waals surface area contributed by atoms with Gasteiger partial charge in [0.05, 0.1) is 0 Å². The monoisotopic (exact) mass is 785 g/mol. The van der Waals surface area contributed by atoms with Gasteiger partial charge in [-0.05, 0) is 76.0 Å². The SMILES string of the molecule is CC1=CN(c2[c-]cccc2)[CH-]N1CCC1CC[C-]2[C-](N3[CH-]N(c4[c-]cccc4)C=C3C)c3ccccc3N3C=C(C)N(CC1)C23.[Ir]. The van der Waals surface area contributed by atoms with Crippen LogP contribution < -0.4 is 14.7 Å². The Hall–Kier alpha value is -3.80. The molecule has 0 bridgehead atoms. The minimum absolute atomic E-state index is 0. The Labute approximate surface area is 288 Å². The zero-order valence-corrected chi connectivity index (χ0v) is 29.1. The predicted octanol–water partition coefficient (Wildman–Crippen LogP) is 7.86. The number of para-hydroxylation sites is 3. The molecule has 2 unspecified atom stereocenters. The van der Waals surface area contributed by atoms with E-state index in [1.54, 1.807) is 0 Å². The Morgan fingerprint density at radius 1 is 0.783 bits per heavy atom. The molecule has 0 N–H and O–H groups in total. The van der Waals surface area contributed by atoms with Gasteiger partial charge >= 0.3 is 0 Å². The van der Waals surface area contributed by atoms with Crippen LogP contribution in [0.15, 0.2) is 108 Å². The van der Waals surface area contributed by atoms with Crippen LogP contribution in [0.4, 0.5) is 17.1 Å². The van der Waals surface area contributed by atoms with Crippen LogP contribution in [0.25, 0.3) is 0 Å². The summed E-state index contributed by atoms with van der Waals surface area (Å²) < 4.78 is 0. The molecule has 5 aliphatic rings. The number of benzene rings is 3. The molecular formula is C39H40IrN6-6. The first-order chi connectivity index (χ1) is 22.0. The summed E-state index contributed by atoms with van der Waals surface area (Å²) in [6, 6.07) is 33.5. The molecule has 0 aromatic heterocycles. The first-order valence-corrected chi connectivity index (χ1v) is 16.2. The first-order valence-electron chi connectivity index (χ1n) is 16.2. The molecule has 5 heterocycles. The molecule has 3 aromatic carbocycles. The van der Waals surface area contributed by atoms with Crippen LogP contribution in [0, 0.1) is 43.3 Å². The fourth-order valence-corrected chi connectivity index (χ4v) is 7.59. The molecule has 0 aliphatic carbocycles. The molecule has 241 valence electrons. The van der Waals surface area contributed by atoms with E-state index in [9.17, 15) is 0 Å². The second-order valence-electron chi connectivity index (χ2n) is 12.8. The van der Waals surface area contributed by atoms with Gasteiger partial charge in [0.25, 0.3) is 0 Å². The molecule has 0 saturated carbocycles. The van der Waals surface area contributed by atoms with Crippen molar-refractivity contribution in [2.45, 2.75) is 52.6 Å². The van der Waals surface area contributed by atoms with Crippen LogP contribution in [0.5, 0.6) is 0 Å². The molecule has 0 amide bonds. The maximum Gasteiger partial charge on any atom is 0.0250 e. The van der Waals surface area contributed by atoms with Gasteiger partial charge in [-0.3, -0.25) is 12.0 Å². The Balaban J connectivity index is 0.00000338. The second-order valence-corrected chi connectivity index (χ2v) is 12.8. The number of allylic oxidation sites excluding steroid dienone is 3. The Bertz CT molecular complexity index is 1620. The van der Waals surface area contributed by atoms with Crippen LogP contribution in [-0.4, -0.2) is 34.0 Å². The Morgan fingerprint density at radius 2 is 1.48 bits per heavy atom. The normalized spacial score (nSPS) is 22.6. The standard InChI is InChI=1S/C39H40N6.Ir/c1-29-24-41(33-12-6-4-7-13-33)27-40(29)22-20-32-18-19-36-38(45-28-42(25-30(45)2)34-14-8-5-9-15-34)35-16-10-11-17-37(35)44-26-31(3)43(23-21-32)39(36)44;/h4-12,14,16-17,24-28,32,39H,18-23H2,1-3H3;/q-6;. The quantitative estimate of drug-likeness (QED) is 0.236. The summed E-state index contributed by atoms with van der Waals surface area (Å²) in [6.45, 7) is 13.3. The number of rotatable bonds is 6. The number of nitrogens with zero attached hydrogens (tertiary/aromatic N) is 6. The van der Waals surface area contributed by atoms with Crippen molar-refractivity contribution < 1.29 is 20.1 Å². The first kappa shape index (κ1) is 30.8. The smallest absolute Gasteiger partial charge is 0.0250 e. The van der Waals surface area contributed by atoms with E-state index in [1.807, 2.05) is 24.3 Å². The minimum Gasteiger partial charge on any atom is -0.559 e. The zero-order valence-electron chi connectivity index (χ0n) is 26.7. The van der Waals surface area contributed by atoms with Gasteiger partial charge in [-0.25, -0.2) is 0 Å². The predicted molar refractivity (Wildman–Crippen MR) is 181 cm³/mol. The number of hydrogen-bond acceptors (Lipinski definition) is 6. The molecule has 1 saturated heterocycles. The van der Waals surface area contributed by atoms with Crippen molar-refractivity contribution in [3.05, 3.63) is 151 Å². The van der Waals surface area contributed by atoms with Crippen molar-refractivity contribution in [2.24, 2.45) is 5.92 Å². The zero-order chi connectivity index (χ0) is 30.5. The summed E-state index contributed by atoms with van der Waals surface area (Å²) in [7, 11) is 0. The van der Waals surface area contributed by atoms with Crippen molar-refractivity contribution in [3.8, 4) is 0 Å². The van der Waals surface area contributed by atoms with Crippen molar-refractivity contribution >= 4 is 17.1 Å². The maximum absolute atomic E-state index is 3.40. The topological polar surface area (TPSA) is 19.4 Å². The average Bonchev–Trinajstić information content (AvgIpc) is 3.74. The molecule has 2 atom stereocenters. The van der Waals surface area contributed by atoms with E-state index >= 15 is 0 Å². The average molecular weight is 785 g/mol. The van der Waals surface area contributed by atoms with Crippen molar-refractivity contribution in [1.29, 1.82) is 0 Å². The molecular weight excluding hydrogens is 745 g/mol. The largest absolute Gasteiger partial charge is 0.559 e. The minimum atomic E-state index is 0. The fourth-order valence-electron chi connectivity index (χ4n) is 7.59. The van der Waals surface area contributed by atoms with E-state index in [1.165, 1.54) is 59.6 Å². The van der Waals surface area contributed by atoms with E-state index < -0.39 is 0 Å². The van der Waals surface area contributed by atoms with Crippen LogP contribution in [0.1, 0.15) is 52.0 Å². The summed E-state index contributed by atoms with van der Waals surface area (Å²) in [5.41, 5.74) is 8.60. The third kappa shape index (κ3) is 5.48. The Morgan fingerprint density at radius 3 is 2.22 bits per heavy atom. The van der Waals surface area contributed by atoms with E-state index in [0.717, 1.165) is 30.9 Å². The van der Waals surface area contributed by atoms with Crippen LogP contribution in [-0.2, 0) is 20.1 Å². The molecule has 6 nitrogen and oxygen atoms in total. The van der Waals surface area contributed by atoms with E-state index in [0.29, 0.717) is 5.92 Å². The van der Waals surface area contributed by atoms with Gasteiger partial charge in [-0.15, -0.1) is 17.4 Å². The maximum atomic E-state index is 3.40. The summed E-state index contributed by atoms with van der Waals surface area (Å²) in [5, 5.41) is 0. The third-order valence-electron chi connectivity index (χ3n) is 9.94. The van der Waals surface area contributed by atoms with Crippen LogP contribution >= 0.6 is 0 Å². The van der Waals surface area contributed by atoms with Gasteiger partial charge in [-0.2, -0.15) is 92.1 Å². The number of fused-ring (bicyclic) bond motifs is 2. The van der Waals surface area contributed by atoms with Crippen molar-refractivity contribution in [2.75, 3.05) is 27.8 Å². The molecule has 7 heteroatoms. The third-order valence-corrected chi connectivity index (χ3v) is 9.94. The van der Waals surface area contributed by atoms with Gasteiger partial charge in [0.15, 0.2) is 0 Å². The summed E-state index contributed by atoms with van der Waals surface area (Å²) >= 11 is 0. The van der Waals surface area contributed by atoms with E-state index in [2.05, 4.69) is 143 Å². The van der Waals surface area contributed by atoms with E-state index in [-0.39, 0.29) is 26.3 Å². The molecule has 8 rings (SSSR count). The molecule has 1 fully saturated rings. The molecule has 46 heavy (non-hydrogen) atoms. The van der Waals surface area contributed by atoms with Crippen molar-refractivity contribution in [1.82, 2.24) is 14.7 Å². The van der Waals surface area contributed by atoms with Crippen LogP contribution in [0.2, 0.25) is 0 Å². The summed E-state index contributed by atoms with van der Waals surface area (Å²) in [6.07, 6.45) is 11.7. The molecule has 5 aliphatic heterocycles. The molecule has 0 spiro atoms. The summed E-state index contributed by atoms with van der Waals surface area (Å²) in [4.78, 5) is 14.4. The fraction of sp³-hybridized carbons (Fsp3) is 0.282. The molecule has 1 radical (unpaired) electrons. The van der Waals surface area contributed by atoms with E-state index in [4.69, 9.17) is 0 Å². The van der Waals surface area contributed by atoms with Crippen LogP contribution in [0.3, 0.4) is 0 Å². The molecule has 3 aromatic rings. The van der Waals surface area contributed by atoms with Gasteiger partial charge < -0.3 is 29.4 Å². The van der Waals surface area contributed by atoms with Gasteiger partial charge in [0.1, 0.15) is 0 Å². The van der Waals surface area contributed by atoms with Gasteiger partial charge in [0, 0.05) is 38.5 Å². The summed E-state index contributed by atoms with van der Waals surface area (Å²) in [5.74, 6) is 2.16. The number of anilines is 3. The van der Waals surface area contributed by atoms with Crippen molar-refractivity contribution in [3.63, 3.8) is 0 Å². The van der Waals surface area contributed by atoms with Gasteiger partial charge in [0.2, 0.25) is 0 Å². The van der Waals surface area contributed by atoms with Gasteiger partial charge in [-0.1, -0.05) is 24.2 Å².